The monoisotopic (exact) mass is 357 g/mol. The van der Waals surface area contributed by atoms with Crippen LogP contribution in [0.15, 0.2) is 24.0 Å². The quantitative estimate of drug-likeness (QED) is 0.750. The Kier molecular flexibility index (Phi) is 4.64. The van der Waals surface area contributed by atoms with Crippen LogP contribution in [-0.4, -0.2) is 32.9 Å². The molecular formula is C22H31NO3. The molecular weight excluding hydrogens is 326 g/mol. The van der Waals surface area contributed by atoms with Crippen molar-refractivity contribution in [1.82, 2.24) is 5.32 Å². The summed E-state index contributed by atoms with van der Waals surface area (Å²) in [7, 11) is 3.49. The summed E-state index contributed by atoms with van der Waals surface area (Å²) in [6.07, 6.45) is 7.80. The minimum Gasteiger partial charge on any atom is -0.497 e. The molecule has 1 aromatic carbocycles. The minimum absolute atomic E-state index is 0.0264. The molecule has 1 N–H and O–H groups in total. The van der Waals surface area contributed by atoms with Gasteiger partial charge in [-0.05, 0) is 55.9 Å². The maximum absolute atomic E-state index is 6.55. The smallest absolute Gasteiger partial charge is 0.166 e. The lowest BCUT2D eigenvalue weighted by Gasteiger charge is -2.50. The zero-order valence-corrected chi connectivity index (χ0v) is 16.4. The van der Waals surface area contributed by atoms with Crippen molar-refractivity contribution < 1.29 is 14.2 Å². The van der Waals surface area contributed by atoms with Crippen molar-refractivity contribution in [3.05, 3.63) is 35.1 Å². The van der Waals surface area contributed by atoms with E-state index < -0.39 is 0 Å². The molecule has 0 saturated heterocycles. The first-order valence-electron chi connectivity index (χ1n) is 10.1. The number of nitrogens with one attached hydrogen (secondary N) is 1. The van der Waals surface area contributed by atoms with Gasteiger partial charge in [0.15, 0.2) is 17.6 Å². The summed E-state index contributed by atoms with van der Waals surface area (Å²) in [5.74, 6) is 3.28. The van der Waals surface area contributed by atoms with Crippen LogP contribution >= 0.6 is 0 Å². The van der Waals surface area contributed by atoms with Gasteiger partial charge in [0.2, 0.25) is 0 Å². The molecule has 1 unspecified atom stereocenters. The Bertz CT molecular complexity index is 714. The number of unbranched alkanes of at least 4 members (excludes halogenated alkanes) is 1. The second kappa shape index (κ2) is 6.80. The van der Waals surface area contributed by atoms with E-state index in [4.69, 9.17) is 14.2 Å². The van der Waals surface area contributed by atoms with E-state index in [-0.39, 0.29) is 11.5 Å². The van der Waals surface area contributed by atoms with E-state index in [9.17, 15) is 0 Å². The van der Waals surface area contributed by atoms with Gasteiger partial charge in [0.1, 0.15) is 5.76 Å². The lowest BCUT2D eigenvalue weighted by atomic mass is 9.55. The van der Waals surface area contributed by atoms with E-state index in [1.165, 1.54) is 24.0 Å². The Morgan fingerprint density at radius 1 is 1.23 bits per heavy atom. The standard InChI is InChI=1S/C22H31NO3/c1-5-7-12-23-16-13-14-8-10-17(24-3)20-19(14)22(6-2)15(16)9-11-18(25-4)21(22)26-20/h8,10-11,15-16,21,23H,5-7,9,12-13H2,1-4H3/t15?,16-,21+,22+/m0/s1. The molecule has 142 valence electrons. The number of hydrogen-bond acceptors (Lipinski definition) is 4. The highest BCUT2D eigenvalue weighted by Gasteiger charge is 2.61. The summed E-state index contributed by atoms with van der Waals surface area (Å²) < 4.78 is 17.9. The summed E-state index contributed by atoms with van der Waals surface area (Å²) in [5, 5.41) is 3.87. The number of allylic oxidation sites excluding steroid dienone is 1. The Morgan fingerprint density at radius 3 is 2.77 bits per heavy atom. The molecule has 1 heterocycles. The molecule has 4 rings (SSSR count). The molecule has 4 heteroatoms. The zero-order valence-electron chi connectivity index (χ0n) is 16.4. The third-order valence-corrected chi connectivity index (χ3v) is 6.77. The lowest BCUT2D eigenvalue weighted by molar-refractivity contribution is 0.0382. The van der Waals surface area contributed by atoms with E-state index in [0.717, 1.165) is 43.1 Å². The van der Waals surface area contributed by atoms with Crippen LogP contribution in [0.4, 0.5) is 0 Å². The van der Waals surface area contributed by atoms with Crippen molar-refractivity contribution in [3.63, 3.8) is 0 Å². The molecule has 0 aromatic heterocycles. The van der Waals surface area contributed by atoms with E-state index in [0.29, 0.717) is 12.0 Å². The van der Waals surface area contributed by atoms with Crippen LogP contribution < -0.4 is 14.8 Å². The predicted octanol–water partition coefficient (Wildman–Crippen LogP) is 3.97. The molecule has 3 aliphatic rings. The molecule has 0 bridgehead atoms. The topological polar surface area (TPSA) is 39.7 Å². The molecule has 4 atom stereocenters. The van der Waals surface area contributed by atoms with Crippen molar-refractivity contribution in [3.8, 4) is 11.5 Å². The number of hydrogen-bond donors (Lipinski definition) is 1. The van der Waals surface area contributed by atoms with Crippen LogP contribution in [-0.2, 0) is 16.6 Å². The first kappa shape index (κ1) is 17.7. The predicted molar refractivity (Wildman–Crippen MR) is 103 cm³/mol. The van der Waals surface area contributed by atoms with Crippen LogP contribution in [0.3, 0.4) is 0 Å². The maximum atomic E-state index is 6.55. The highest BCUT2D eigenvalue weighted by Crippen LogP contribution is 2.61. The highest BCUT2D eigenvalue weighted by atomic mass is 16.6. The number of methoxy groups -OCH3 is 2. The average molecular weight is 357 g/mol. The lowest BCUT2D eigenvalue weighted by Crippen LogP contribution is -2.58. The summed E-state index contributed by atoms with van der Waals surface area (Å²) in [6, 6.07) is 4.79. The first-order valence-corrected chi connectivity index (χ1v) is 10.1. The van der Waals surface area contributed by atoms with E-state index in [1.807, 2.05) is 0 Å². The average Bonchev–Trinajstić information content (AvgIpc) is 3.04. The summed E-state index contributed by atoms with van der Waals surface area (Å²) in [5.41, 5.74) is 2.76. The molecule has 1 aliphatic heterocycles. The normalized spacial score (nSPS) is 31.1. The molecule has 2 aliphatic carbocycles. The number of ether oxygens (including phenoxy) is 3. The molecule has 26 heavy (non-hydrogen) atoms. The number of rotatable bonds is 7. The number of benzene rings is 1. The van der Waals surface area contributed by atoms with E-state index >= 15 is 0 Å². The first-order chi connectivity index (χ1) is 12.7. The van der Waals surface area contributed by atoms with Crippen LogP contribution in [0, 0.1) is 5.92 Å². The third kappa shape index (κ3) is 2.31. The maximum Gasteiger partial charge on any atom is 0.166 e. The van der Waals surface area contributed by atoms with Crippen LogP contribution in [0.25, 0.3) is 0 Å². The Balaban J connectivity index is 1.84. The van der Waals surface area contributed by atoms with Gasteiger partial charge in [0, 0.05) is 17.0 Å². The minimum atomic E-state index is -0.0444. The molecule has 1 aromatic rings. The molecule has 0 amide bonds. The molecule has 0 radical (unpaired) electrons. The molecule has 0 spiro atoms. The fourth-order valence-electron chi connectivity index (χ4n) is 5.56. The van der Waals surface area contributed by atoms with Gasteiger partial charge in [-0.2, -0.15) is 0 Å². The summed E-state index contributed by atoms with van der Waals surface area (Å²) in [4.78, 5) is 0. The third-order valence-electron chi connectivity index (χ3n) is 6.77. The van der Waals surface area contributed by atoms with Crippen molar-refractivity contribution in [2.24, 2.45) is 5.92 Å². The molecule has 0 saturated carbocycles. The molecule has 0 fully saturated rings. The van der Waals surface area contributed by atoms with Gasteiger partial charge < -0.3 is 19.5 Å². The van der Waals surface area contributed by atoms with Crippen molar-refractivity contribution in [2.45, 2.75) is 63.5 Å². The van der Waals surface area contributed by atoms with E-state index in [1.54, 1.807) is 14.2 Å². The van der Waals surface area contributed by atoms with Gasteiger partial charge in [-0.3, -0.25) is 0 Å². The zero-order chi connectivity index (χ0) is 18.3. The van der Waals surface area contributed by atoms with Gasteiger partial charge in [0.25, 0.3) is 0 Å². The van der Waals surface area contributed by atoms with Crippen LogP contribution in [0.1, 0.15) is 50.7 Å². The second-order valence-electron chi connectivity index (χ2n) is 7.79. The summed E-state index contributed by atoms with van der Waals surface area (Å²) >= 11 is 0. The Hall–Kier alpha value is -1.68. The molecule has 4 nitrogen and oxygen atoms in total. The van der Waals surface area contributed by atoms with Gasteiger partial charge in [0.05, 0.1) is 14.2 Å². The second-order valence-corrected chi connectivity index (χ2v) is 7.79. The van der Waals surface area contributed by atoms with Gasteiger partial charge in [-0.25, -0.2) is 0 Å². The van der Waals surface area contributed by atoms with Crippen molar-refractivity contribution in [1.29, 1.82) is 0 Å². The largest absolute Gasteiger partial charge is 0.497 e. The van der Waals surface area contributed by atoms with Crippen LogP contribution in [0.5, 0.6) is 11.5 Å². The Labute approximate surface area is 156 Å². The fraction of sp³-hybridized carbons (Fsp3) is 0.636. The van der Waals surface area contributed by atoms with Gasteiger partial charge >= 0.3 is 0 Å². The fourth-order valence-corrected chi connectivity index (χ4v) is 5.56. The highest BCUT2D eigenvalue weighted by molar-refractivity contribution is 5.61. The van der Waals surface area contributed by atoms with E-state index in [2.05, 4.69) is 37.4 Å². The van der Waals surface area contributed by atoms with Gasteiger partial charge in [-0.1, -0.05) is 26.3 Å². The van der Waals surface area contributed by atoms with Crippen molar-refractivity contribution >= 4 is 0 Å². The Morgan fingerprint density at radius 2 is 2.08 bits per heavy atom. The SMILES string of the molecule is CCCCN[C@H]1Cc2ccc(OC)c3c2[C@@]2(CC)C1CC=C(OC)[C@H]2O3. The summed E-state index contributed by atoms with van der Waals surface area (Å²) in [6.45, 7) is 5.63. The van der Waals surface area contributed by atoms with Gasteiger partial charge in [-0.15, -0.1) is 0 Å². The van der Waals surface area contributed by atoms with Crippen LogP contribution in [0.2, 0.25) is 0 Å². The van der Waals surface area contributed by atoms with Crippen molar-refractivity contribution in [2.75, 3.05) is 20.8 Å².